The molecule has 0 heterocycles. The number of rotatable bonds is 12. The molecular formula is C24H44N2O2. The first-order valence-corrected chi connectivity index (χ1v) is 11.3. The zero-order valence-corrected chi connectivity index (χ0v) is 18.9. The van der Waals surface area contributed by atoms with Gasteiger partial charge in [0.25, 0.3) is 0 Å². The molecule has 5 atom stereocenters. The minimum atomic E-state index is -0.621. The molecule has 2 N–H and O–H groups in total. The van der Waals surface area contributed by atoms with Gasteiger partial charge in [-0.2, -0.15) is 0 Å². The van der Waals surface area contributed by atoms with Crippen molar-refractivity contribution in [1.29, 1.82) is 0 Å². The Morgan fingerprint density at radius 3 is 2.64 bits per heavy atom. The standard InChI is InChI=1S/C24H44N2O2/c1-6-7-11-24(2,28)12-8-10-21-22-16-19(15-20(22)17-23(21)27)18-26(5)14-9-13-25(3)4/h8,10,15,20-23,27-28H,6-7,9,11-14,16-18H2,1-5H3/t20-,21+,22-,23+,24-/m0/s1. The van der Waals surface area contributed by atoms with Gasteiger partial charge in [-0.05, 0) is 85.1 Å². The van der Waals surface area contributed by atoms with E-state index in [4.69, 9.17) is 0 Å². The molecule has 0 saturated heterocycles. The van der Waals surface area contributed by atoms with Gasteiger partial charge in [-0.15, -0.1) is 0 Å². The lowest BCUT2D eigenvalue weighted by Gasteiger charge is -2.23. The molecular weight excluding hydrogens is 348 g/mol. The Bertz CT molecular complexity index is 527. The van der Waals surface area contributed by atoms with Crippen molar-refractivity contribution < 1.29 is 10.2 Å². The van der Waals surface area contributed by atoms with Gasteiger partial charge in [0, 0.05) is 12.5 Å². The molecule has 28 heavy (non-hydrogen) atoms. The SMILES string of the molecule is CCCC[C@](C)(O)CC=C[C@@H]1[C@H]2CC(CN(C)CCCN(C)C)=C[C@H]2C[C@H]1O. The predicted molar refractivity (Wildman–Crippen MR) is 118 cm³/mol. The molecule has 0 unspecified atom stereocenters. The van der Waals surface area contributed by atoms with Gasteiger partial charge < -0.3 is 20.0 Å². The lowest BCUT2D eigenvalue weighted by atomic mass is 9.88. The van der Waals surface area contributed by atoms with E-state index < -0.39 is 5.60 Å². The van der Waals surface area contributed by atoms with Crippen molar-refractivity contribution in [2.75, 3.05) is 40.8 Å². The van der Waals surface area contributed by atoms with Crippen LogP contribution in [0.15, 0.2) is 23.8 Å². The second-order valence-electron chi connectivity index (χ2n) is 9.86. The molecule has 2 aliphatic rings. The first-order chi connectivity index (χ1) is 13.2. The normalized spacial score (nSPS) is 29.7. The number of hydrogen-bond donors (Lipinski definition) is 2. The minimum absolute atomic E-state index is 0.234. The van der Waals surface area contributed by atoms with Crippen molar-refractivity contribution in [3.05, 3.63) is 23.8 Å². The van der Waals surface area contributed by atoms with Crippen LogP contribution in [0.1, 0.15) is 58.8 Å². The molecule has 0 aromatic rings. The Labute approximate surface area is 173 Å². The topological polar surface area (TPSA) is 46.9 Å². The zero-order chi connectivity index (χ0) is 20.7. The third kappa shape index (κ3) is 7.29. The van der Waals surface area contributed by atoms with E-state index in [1.807, 2.05) is 6.92 Å². The smallest absolute Gasteiger partial charge is 0.0654 e. The number of likely N-dealkylation sites (N-methyl/N-ethyl adjacent to an activating group) is 1. The molecule has 0 amide bonds. The molecule has 0 bridgehead atoms. The van der Waals surface area contributed by atoms with Gasteiger partial charge in [-0.1, -0.05) is 43.6 Å². The highest BCUT2D eigenvalue weighted by Gasteiger charge is 2.43. The Balaban J connectivity index is 1.82. The van der Waals surface area contributed by atoms with Crippen LogP contribution in [0.4, 0.5) is 0 Å². The third-order valence-electron chi connectivity index (χ3n) is 6.55. The number of unbranched alkanes of at least 4 members (excludes halogenated alkanes) is 1. The minimum Gasteiger partial charge on any atom is -0.392 e. The maximum Gasteiger partial charge on any atom is 0.0654 e. The van der Waals surface area contributed by atoms with Crippen molar-refractivity contribution in [3.63, 3.8) is 0 Å². The summed E-state index contributed by atoms with van der Waals surface area (Å²) in [6.07, 6.45) is 13.4. The number of nitrogens with zero attached hydrogens (tertiary/aromatic N) is 2. The van der Waals surface area contributed by atoms with Crippen LogP contribution in [0.3, 0.4) is 0 Å². The average molecular weight is 393 g/mol. The summed E-state index contributed by atoms with van der Waals surface area (Å²) in [5.74, 6) is 1.30. The van der Waals surface area contributed by atoms with E-state index in [0.29, 0.717) is 18.3 Å². The molecule has 1 fully saturated rings. The van der Waals surface area contributed by atoms with Gasteiger partial charge in [-0.25, -0.2) is 0 Å². The highest BCUT2D eigenvalue weighted by atomic mass is 16.3. The maximum absolute atomic E-state index is 10.5. The fraction of sp³-hybridized carbons (Fsp3) is 0.833. The summed E-state index contributed by atoms with van der Waals surface area (Å²) >= 11 is 0. The van der Waals surface area contributed by atoms with Crippen molar-refractivity contribution >= 4 is 0 Å². The molecule has 0 aliphatic heterocycles. The second kappa shape index (κ2) is 10.9. The summed E-state index contributed by atoms with van der Waals surface area (Å²) in [7, 11) is 6.47. The number of aliphatic hydroxyl groups excluding tert-OH is 1. The van der Waals surface area contributed by atoms with Crippen molar-refractivity contribution in [3.8, 4) is 0 Å². The molecule has 0 spiro atoms. The Kier molecular flexibility index (Phi) is 9.20. The average Bonchev–Trinajstić information content (AvgIpc) is 3.10. The number of aliphatic hydroxyl groups is 2. The van der Waals surface area contributed by atoms with Crippen LogP contribution in [0.5, 0.6) is 0 Å². The van der Waals surface area contributed by atoms with E-state index in [9.17, 15) is 10.2 Å². The third-order valence-corrected chi connectivity index (χ3v) is 6.55. The molecule has 1 saturated carbocycles. The first kappa shape index (κ1) is 23.6. The van der Waals surface area contributed by atoms with Crippen LogP contribution >= 0.6 is 0 Å². The van der Waals surface area contributed by atoms with Crippen LogP contribution in [0.25, 0.3) is 0 Å². The van der Waals surface area contributed by atoms with Gasteiger partial charge in [0.1, 0.15) is 0 Å². The lowest BCUT2D eigenvalue weighted by molar-refractivity contribution is 0.0513. The van der Waals surface area contributed by atoms with E-state index in [-0.39, 0.29) is 12.0 Å². The quantitative estimate of drug-likeness (QED) is 0.497. The molecule has 2 rings (SSSR count). The predicted octanol–water partition coefficient (Wildman–Crippen LogP) is 3.70. The molecule has 0 radical (unpaired) electrons. The number of fused-ring (bicyclic) bond motifs is 1. The van der Waals surface area contributed by atoms with Crippen LogP contribution in [-0.2, 0) is 0 Å². The van der Waals surface area contributed by atoms with Crippen LogP contribution in [-0.4, -0.2) is 72.5 Å². The summed E-state index contributed by atoms with van der Waals surface area (Å²) in [5.41, 5.74) is 0.923. The lowest BCUT2D eigenvalue weighted by Crippen LogP contribution is -2.26. The second-order valence-corrected chi connectivity index (χ2v) is 9.86. The van der Waals surface area contributed by atoms with E-state index in [2.05, 4.69) is 56.1 Å². The zero-order valence-electron chi connectivity index (χ0n) is 18.9. The Morgan fingerprint density at radius 2 is 1.96 bits per heavy atom. The summed E-state index contributed by atoms with van der Waals surface area (Å²) in [6.45, 7) is 7.41. The molecule has 4 nitrogen and oxygen atoms in total. The summed E-state index contributed by atoms with van der Waals surface area (Å²) < 4.78 is 0. The largest absolute Gasteiger partial charge is 0.392 e. The summed E-state index contributed by atoms with van der Waals surface area (Å²) in [6, 6.07) is 0. The number of allylic oxidation sites excluding steroid dienone is 1. The van der Waals surface area contributed by atoms with Crippen molar-refractivity contribution in [2.24, 2.45) is 17.8 Å². The molecule has 0 aromatic carbocycles. The van der Waals surface area contributed by atoms with Crippen LogP contribution in [0, 0.1) is 17.8 Å². The van der Waals surface area contributed by atoms with Gasteiger partial charge in [0.15, 0.2) is 0 Å². The fourth-order valence-electron chi connectivity index (χ4n) is 4.94. The number of hydrogen-bond acceptors (Lipinski definition) is 4. The molecule has 162 valence electrons. The first-order valence-electron chi connectivity index (χ1n) is 11.3. The van der Waals surface area contributed by atoms with Crippen LogP contribution < -0.4 is 0 Å². The van der Waals surface area contributed by atoms with Gasteiger partial charge >= 0.3 is 0 Å². The van der Waals surface area contributed by atoms with Gasteiger partial charge in [0.05, 0.1) is 11.7 Å². The van der Waals surface area contributed by atoms with Crippen LogP contribution in [0.2, 0.25) is 0 Å². The van der Waals surface area contributed by atoms with E-state index >= 15 is 0 Å². The highest BCUT2D eigenvalue weighted by molar-refractivity contribution is 5.21. The van der Waals surface area contributed by atoms with Gasteiger partial charge in [-0.3, -0.25) is 0 Å². The summed E-state index contributed by atoms with van der Waals surface area (Å²) in [5, 5.41) is 21.0. The molecule has 0 aromatic heterocycles. The van der Waals surface area contributed by atoms with Crippen molar-refractivity contribution in [2.45, 2.75) is 70.5 Å². The highest BCUT2D eigenvalue weighted by Crippen LogP contribution is 2.47. The Morgan fingerprint density at radius 1 is 1.21 bits per heavy atom. The molecule has 4 heteroatoms. The Hall–Kier alpha value is -0.680. The van der Waals surface area contributed by atoms with E-state index in [0.717, 1.165) is 51.7 Å². The molecule has 2 aliphatic carbocycles. The fourth-order valence-corrected chi connectivity index (χ4v) is 4.94. The monoisotopic (exact) mass is 392 g/mol. The van der Waals surface area contributed by atoms with E-state index in [1.54, 1.807) is 5.57 Å². The van der Waals surface area contributed by atoms with Crippen molar-refractivity contribution in [1.82, 2.24) is 9.80 Å². The maximum atomic E-state index is 10.5. The van der Waals surface area contributed by atoms with E-state index in [1.165, 1.54) is 6.42 Å². The summed E-state index contributed by atoms with van der Waals surface area (Å²) in [4.78, 5) is 4.67. The van der Waals surface area contributed by atoms with Gasteiger partial charge in [0.2, 0.25) is 0 Å².